The van der Waals surface area contributed by atoms with E-state index in [0.717, 1.165) is 16.3 Å². The van der Waals surface area contributed by atoms with Gasteiger partial charge in [0.05, 0.1) is 6.10 Å². The van der Waals surface area contributed by atoms with Crippen molar-refractivity contribution >= 4 is 10.8 Å². The average molecular weight is 216 g/mol. The monoisotopic (exact) mass is 216 g/mol. The van der Waals surface area contributed by atoms with Gasteiger partial charge in [0.15, 0.2) is 0 Å². The molecular formula is C13H16N2O. The lowest BCUT2D eigenvalue weighted by molar-refractivity contribution is 0.106. The standard InChI is InChI=1S/C13H16N2O/c1-13(2,14)12(16)11-8-15-7-9-5-3-4-6-10(9)11/h3-8,12,16H,14H2,1-2H3. The van der Waals surface area contributed by atoms with Crippen LogP contribution in [0.15, 0.2) is 36.7 Å². The summed E-state index contributed by atoms with van der Waals surface area (Å²) in [4.78, 5) is 4.13. The summed E-state index contributed by atoms with van der Waals surface area (Å²) in [7, 11) is 0. The van der Waals surface area contributed by atoms with Gasteiger partial charge in [0.25, 0.3) is 0 Å². The average Bonchev–Trinajstić information content (AvgIpc) is 2.26. The zero-order valence-corrected chi connectivity index (χ0v) is 9.51. The second-order valence-electron chi connectivity index (χ2n) is 4.67. The van der Waals surface area contributed by atoms with E-state index in [2.05, 4.69) is 4.98 Å². The Morgan fingerprint density at radius 2 is 1.94 bits per heavy atom. The van der Waals surface area contributed by atoms with Crippen molar-refractivity contribution in [1.29, 1.82) is 0 Å². The molecule has 0 saturated heterocycles. The lowest BCUT2D eigenvalue weighted by atomic mass is 9.91. The fraction of sp³-hybridized carbons (Fsp3) is 0.308. The lowest BCUT2D eigenvalue weighted by Crippen LogP contribution is -2.39. The zero-order chi connectivity index (χ0) is 11.8. The quantitative estimate of drug-likeness (QED) is 0.807. The molecule has 1 atom stereocenters. The van der Waals surface area contributed by atoms with Crippen LogP contribution in [0.5, 0.6) is 0 Å². The molecule has 0 fully saturated rings. The van der Waals surface area contributed by atoms with Crippen molar-refractivity contribution in [2.45, 2.75) is 25.5 Å². The SMILES string of the molecule is CC(C)(N)C(O)c1cncc2ccccc12. The molecule has 1 unspecified atom stereocenters. The molecular weight excluding hydrogens is 200 g/mol. The zero-order valence-electron chi connectivity index (χ0n) is 9.51. The van der Waals surface area contributed by atoms with Crippen molar-refractivity contribution in [3.05, 3.63) is 42.2 Å². The van der Waals surface area contributed by atoms with E-state index in [9.17, 15) is 5.11 Å². The van der Waals surface area contributed by atoms with Crippen LogP contribution in [-0.4, -0.2) is 15.6 Å². The first kappa shape index (κ1) is 11.0. The topological polar surface area (TPSA) is 59.1 Å². The number of benzene rings is 1. The van der Waals surface area contributed by atoms with E-state index < -0.39 is 11.6 Å². The van der Waals surface area contributed by atoms with E-state index in [-0.39, 0.29) is 0 Å². The minimum absolute atomic E-state index is 0.675. The highest BCUT2D eigenvalue weighted by Crippen LogP contribution is 2.28. The van der Waals surface area contributed by atoms with E-state index in [1.165, 1.54) is 0 Å². The first-order chi connectivity index (χ1) is 7.50. The molecule has 0 aliphatic carbocycles. The molecule has 0 amide bonds. The molecule has 2 aromatic rings. The molecule has 3 heteroatoms. The Kier molecular flexibility index (Phi) is 2.66. The summed E-state index contributed by atoms with van der Waals surface area (Å²) in [5, 5.41) is 12.2. The molecule has 0 aliphatic heterocycles. The van der Waals surface area contributed by atoms with Crippen LogP contribution >= 0.6 is 0 Å². The molecule has 3 N–H and O–H groups in total. The third-order valence-electron chi connectivity index (χ3n) is 2.70. The number of hydrogen-bond donors (Lipinski definition) is 2. The van der Waals surface area contributed by atoms with Gasteiger partial charge in [-0.1, -0.05) is 24.3 Å². The second-order valence-corrected chi connectivity index (χ2v) is 4.67. The maximum Gasteiger partial charge on any atom is 0.0984 e. The normalized spacial score (nSPS) is 14.0. The Hall–Kier alpha value is -1.45. The van der Waals surface area contributed by atoms with Gasteiger partial charge in [0.2, 0.25) is 0 Å². The van der Waals surface area contributed by atoms with Crippen molar-refractivity contribution in [1.82, 2.24) is 4.98 Å². The number of nitrogens with zero attached hydrogens (tertiary/aromatic N) is 1. The number of nitrogens with two attached hydrogens (primary N) is 1. The summed E-state index contributed by atoms with van der Waals surface area (Å²) in [6.07, 6.45) is 2.75. The van der Waals surface area contributed by atoms with Crippen molar-refractivity contribution in [2.75, 3.05) is 0 Å². The molecule has 0 aliphatic rings. The molecule has 0 saturated carbocycles. The summed E-state index contributed by atoms with van der Waals surface area (Å²) < 4.78 is 0. The van der Waals surface area contributed by atoms with Crippen molar-refractivity contribution in [3.63, 3.8) is 0 Å². The van der Waals surface area contributed by atoms with Gasteiger partial charge < -0.3 is 10.8 Å². The van der Waals surface area contributed by atoms with Gasteiger partial charge in [-0.05, 0) is 19.2 Å². The molecule has 1 aromatic heterocycles. The van der Waals surface area contributed by atoms with Crippen molar-refractivity contribution in [3.8, 4) is 0 Å². The van der Waals surface area contributed by atoms with Crippen LogP contribution in [0, 0.1) is 0 Å². The highest BCUT2D eigenvalue weighted by Gasteiger charge is 2.25. The summed E-state index contributed by atoms with van der Waals surface area (Å²) in [6, 6.07) is 7.85. The molecule has 1 heterocycles. The molecule has 1 aromatic carbocycles. The molecule has 0 bridgehead atoms. The minimum atomic E-state index is -0.717. The first-order valence-electron chi connectivity index (χ1n) is 5.30. The van der Waals surface area contributed by atoms with Gasteiger partial charge in [-0.2, -0.15) is 0 Å². The third-order valence-corrected chi connectivity index (χ3v) is 2.70. The smallest absolute Gasteiger partial charge is 0.0984 e. The van der Waals surface area contributed by atoms with Crippen LogP contribution in [0.4, 0.5) is 0 Å². The number of hydrogen-bond acceptors (Lipinski definition) is 3. The number of fused-ring (bicyclic) bond motifs is 1. The van der Waals surface area contributed by atoms with Gasteiger partial charge in [-0.3, -0.25) is 4.98 Å². The Labute approximate surface area is 94.9 Å². The largest absolute Gasteiger partial charge is 0.386 e. The Balaban J connectivity index is 2.61. The minimum Gasteiger partial charge on any atom is -0.386 e. The van der Waals surface area contributed by atoms with E-state index in [4.69, 9.17) is 5.73 Å². The van der Waals surface area contributed by atoms with Crippen molar-refractivity contribution in [2.24, 2.45) is 5.73 Å². The Bertz CT molecular complexity index is 497. The van der Waals surface area contributed by atoms with Crippen molar-refractivity contribution < 1.29 is 5.11 Å². The van der Waals surface area contributed by atoms with Crippen LogP contribution < -0.4 is 5.73 Å². The van der Waals surface area contributed by atoms with Crippen LogP contribution in [0.1, 0.15) is 25.5 Å². The lowest BCUT2D eigenvalue weighted by Gasteiger charge is -2.26. The summed E-state index contributed by atoms with van der Waals surface area (Å²) in [5.74, 6) is 0. The molecule has 0 spiro atoms. The van der Waals surface area contributed by atoms with Crippen LogP contribution in [0.25, 0.3) is 10.8 Å². The fourth-order valence-corrected chi connectivity index (χ4v) is 1.76. The fourth-order valence-electron chi connectivity index (χ4n) is 1.76. The summed E-state index contributed by atoms with van der Waals surface area (Å²) in [6.45, 7) is 3.61. The number of aliphatic hydroxyl groups is 1. The molecule has 84 valence electrons. The maximum absolute atomic E-state index is 10.2. The Morgan fingerprint density at radius 3 is 2.62 bits per heavy atom. The van der Waals surface area contributed by atoms with Gasteiger partial charge in [-0.25, -0.2) is 0 Å². The van der Waals surface area contributed by atoms with Gasteiger partial charge >= 0.3 is 0 Å². The number of pyridine rings is 1. The maximum atomic E-state index is 10.2. The van der Waals surface area contributed by atoms with E-state index in [0.29, 0.717) is 0 Å². The Morgan fingerprint density at radius 1 is 1.25 bits per heavy atom. The number of aliphatic hydroxyl groups excluding tert-OH is 1. The molecule has 3 nitrogen and oxygen atoms in total. The van der Waals surface area contributed by atoms with Gasteiger partial charge in [0.1, 0.15) is 0 Å². The van der Waals surface area contributed by atoms with Gasteiger partial charge in [-0.15, -0.1) is 0 Å². The first-order valence-corrected chi connectivity index (χ1v) is 5.30. The second kappa shape index (κ2) is 3.85. The molecule has 2 rings (SSSR count). The summed E-state index contributed by atoms with van der Waals surface area (Å²) in [5.41, 5.74) is 6.03. The highest BCUT2D eigenvalue weighted by molar-refractivity contribution is 5.85. The van der Waals surface area contributed by atoms with E-state index >= 15 is 0 Å². The van der Waals surface area contributed by atoms with Crippen LogP contribution in [0.3, 0.4) is 0 Å². The highest BCUT2D eigenvalue weighted by atomic mass is 16.3. The number of rotatable bonds is 2. The van der Waals surface area contributed by atoms with Gasteiger partial charge in [0, 0.05) is 28.9 Å². The van der Waals surface area contributed by atoms with E-state index in [1.807, 2.05) is 24.3 Å². The predicted molar refractivity (Wildman–Crippen MR) is 65.0 cm³/mol. The molecule has 16 heavy (non-hydrogen) atoms. The third kappa shape index (κ3) is 1.92. The summed E-state index contributed by atoms with van der Waals surface area (Å²) >= 11 is 0. The van der Waals surface area contributed by atoms with Crippen LogP contribution in [-0.2, 0) is 0 Å². The number of aromatic nitrogens is 1. The van der Waals surface area contributed by atoms with E-state index in [1.54, 1.807) is 26.2 Å². The van der Waals surface area contributed by atoms with Crippen LogP contribution in [0.2, 0.25) is 0 Å². The molecule has 0 radical (unpaired) electrons. The predicted octanol–water partition coefficient (Wildman–Crippen LogP) is 2.01.